The fourth-order valence-corrected chi connectivity index (χ4v) is 6.44. The number of hydrogen-bond donors (Lipinski definition) is 1. The van der Waals surface area contributed by atoms with Gasteiger partial charge in [-0.15, -0.1) is 0 Å². The molecule has 3 heterocycles. The Labute approximate surface area is 263 Å². The maximum Gasteiger partial charge on any atom is 0.296 e. The third-order valence-electron chi connectivity index (χ3n) is 7.63. The molecule has 0 spiro atoms. The van der Waals surface area contributed by atoms with Gasteiger partial charge in [0, 0.05) is 25.7 Å². The lowest BCUT2D eigenvalue weighted by atomic mass is 10.0. The number of carbonyl (C=O) groups is 1. The second kappa shape index (κ2) is 12.4. The van der Waals surface area contributed by atoms with E-state index in [2.05, 4.69) is 5.32 Å². The van der Waals surface area contributed by atoms with Gasteiger partial charge in [-0.25, -0.2) is 4.68 Å². The monoisotopic (exact) mass is 626 g/mol. The zero-order valence-electron chi connectivity index (χ0n) is 24.9. The van der Waals surface area contributed by atoms with Crippen molar-refractivity contribution in [3.8, 4) is 17.5 Å². The molecule has 0 radical (unpaired) electrons. The highest BCUT2D eigenvalue weighted by atomic mass is 32.2. The average Bonchev–Trinajstić information content (AvgIpc) is 3.42. The smallest absolute Gasteiger partial charge is 0.296 e. The Morgan fingerprint density at radius 1 is 1.05 bits per heavy atom. The highest BCUT2D eigenvalue weighted by molar-refractivity contribution is 8.27. The van der Waals surface area contributed by atoms with Crippen LogP contribution in [0.15, 0.2) is 69.1 Å². The SMILES string of the molecule is CCn1c(NCc2ccc(OC)cc2)c(/C=C2/SC(=S)N(c3c(C)n(C)n(-c4ccccc4)c3=O)C2=O)c(C)c(C#N)c1=O. The third kappa shape index (κ3) is 5.25. The number of amides is 1. The van der Waals surface area contributed by atoms with Crippen LogP contribution in [-0.2, 0) is 24.9 Å². The number of ether oxygens (including phenoxy) is 1. The number of benzene rings is 2. The van der Waals surface area contributed by atoms with Crippen molar-refractivity contribution >= 4 is 51.8 Å². The summed E-state index contributed by atoms with van der Waals surface area (Å²) >= 11 is 6.70. The molecule has 0 saturated carbocycles. The highest BCUT2D eigenvalue weighted by Gasteiger charge is 2.38. The van der Waals surface area contributed by atoms with Gasteiger partial charge in [-0.2, -0.15) is 5.26 Å². The van der Waals surface area contributed by atoms with Crippen molar-refractivity contribution in [2.24, 2.45) is 7.05 Å². The molecular weight excluding hydrogens is 597 g/mol. The number of anilines is 2. The quantitative estimate of drug-likeness (QED) is 0.218. The van der Waals surface area contributed by atoms with Crippen LogP contribution in [0, 0.1) is 25.2 Å². The van der Waals surface area contributed by atoms with Gasteiger partial charge in [0.1, 0.15) is 28.9 Å². The third-order valence-corrected chi connectivity index (χ3v) is 8.93. The first-order chi connectivity index (χ1) is 21.1. The molecule has 2 aromatic heterocycles. The van der Waals surface area contributed by atoms with Crippen molar-refractivity contribution < 1.29 is 9.53 Å². The van der Waals surface area contributed by atoms with Gasteiger partial charge in [0.2, 0.25) is 0 Å². The van der Waals surface area contributed by atoms with E-state index in [1.807, 2.05) is 67.6 Å². The topological polar surface area (TPSA) is 114 Å². The van der Waals surface area contributed by atoms with E-state index in [4.69, 9.17) is 17.0 Å². The van der Waals surface area contributed by atoms with E-state index in [0.717, 1.165) is 23.1 Å². The Bertz CT molecular complexity index is 1980. The van der Waals surface area contributed by atoms with E-state index < -0.39 is 11.5 Å². The minimum atomic E-state index is -0.459. The summed E-state index contributed by atoms with van der Waals surface area (Å²) in [4.78, 5) is 42.4. The summed E-state index contributed by atoms with van der Waals surface area (Å²) < 4.78 is 10.1. The van der Waals surface area contributed by atoms with Crippen molar-refractivity contribution in [2.45, 2.75) is 33.9 Å². The fraction of sp³-hybridized carbons (Fsp3) is 0.219. The maximum atomic E-state index is 13.9. The Morgan fingerprint density at radius 3 is 2.34 bits per heavy atom. The molecule has 1 N–H and O–H groups in total. The Hall–Kier alpha value is -4.86. The zero-order chi connectivity index (χ0) is 31.7. The van der Waals surface area contributed by atoms with Gasteiger partial charge in [0.25, 0.3) is 17.0 Å². The first-order valence-corrected chi connectivity index (χ1v) is 15.0. The predicted molar refractivity (Wildman–Crippen MR) is 178 cm³/mol. The minimum absolute atomic E-state index is 0.00627. The Morgan fingerprint density at radius 2 is 1.73 bits per heavy atom. The molecule has 0 bridgehead atoms. The molecule has 1 aliphatic heterocycles. The van der Waals surface area contributed by atoms with Crippen LogP contribution < -0.4 is 26.1 Å². The molecule has 1 aliphatic rings. The van der Waals surface area contributed by atoms with Gasteiger partial charge in [0.15, 0.2) is 4.32 Å². The predicted octanol–water partition coefficient (Wildman–Crippen LogP) is 4.87. The maximum absolute atomic E-state index is 13.9. The largest absolute Gasteiger partial charge is 0.497 e. The van der Waals surface area contributed by atoms with Crippen LogP contribution in [0.4, 0.5) is 11.5 Å². The summed E-state index contributed by atoms with van der Waals surface area (Å²) in [7, 11) is 3.35. The Balaban J connectivity index is 1.60. The number of carbonyl (C=O) groups excluding carboxylic acids is 1. The first-order valence-electron chi connectivity index (χ1n) is 13.8. The molecule has 1 fully saturated rings. The normalized spacial score (nSPS) is 13.9. The molecule has 0 atom stereocenters. The average molecular weight is 627 g/mol. The van der Waals surface area contributed by atoms with E-state index in [-0.39, 0.29) is 26.0 Å². The standard InChI is InChI=1S/C32H30N6O4S2/c1-6-36-28(34-18-21-12-14-23(42-5)15-13-21)24(19(2)25(17-33)29(36)39)16-26-30(40)37(32(43)44-26)27-20(3)35(4)38(31(27)41)22-10-8-7-9-11-22/h7-16,34H,6,18H2,1-5H3/b26-16+. The van der Waals surface area contributed by atoms with E-state index in [0.29, 0.717) is 41.4 Å². The van der Waals surface area contributed by atoms with Crippen molar-refractivity contribution in [3.05, 3.63) is 108 Å². The molecule has 1 saturated heterocycles. The van der Waals surface area contributed by atoms with Gasteiger partial charge in [-0.1, -0.05) is 54.3 Å². The molecule has 224 valence electrons. The molecule has 1 amide bonds. The fourth-order valence-electron chi connectivity index (χ4n) is 5.19. The van der Waals surface area contributed by atoms with Crippen LogP contribution in [0.1, 0.15) is 34.9 Å². The van der Waals surface area contributed by atoms with Crippen molar-refractivity contribution in [2.75, 3.05) is 17.3 Å². The van der Waals surface area contributed by atoms with Gasteiger partial charge in [0.05, 0.1) is 23.4 Å². The number of rotatable bonds is 8. The lowest BCUT2D eigenvalue weighted by molar-refractivity contribution is -0.113. The number of methoxy groups -OCH3 is 1. The van der Waals surface area contributed by atoms with Crippen LogP contribution >= 0.6 is 24.0 Å². The lowest BCUT2D eigenvalue weighted by Gasteiger charge is -2.19. The van der Waals surface area contributed by atoms with Crippen molar-refractivity contribution in [3.63, 3.8) is 0 Å². The van der Waals surface area contributed by atoms with Crippen LogP contribution in [0.5, 0.6) is 5.75 Å². The van der Waals surface area contributed by atoms with E-state index in [1.54, 1.807) is 38.8 Å². The second-order valence-corrected chi connectivity index (χ2v) is 11.7. The van der Waals surface area contributed by atoms with Gasteiger partial charge < -0.3 is 10.1 Å². The molecule has 12 heteroatoms. The number of nitrogens with zero attached hydrogens (tertiary/aromatic N) is 5. The zero-order valence-corrected chi connectivity index (χ0v) is 26.5. The molecule has 5 rings (SSSR count). The molecule has 0 aliphatic carbocycles. The van der Waals surface area contributed by atoms with Gasteiger partial charge >= 0.3 is 0 Å². The highest BCUT2D eigenvalue weighted by Crippen LogP contribution is 2.38. The molecule has 0 unspecified atom stereocenters. The summed E-state index contributed by atoms with van der Waals surface area (Å²) in [5.74, 6) is 0.733. The number of hydrogen-bond acceptors (Lipinski definition) is 8. The summed E-state index contributed by atoms with van der Waals surface area (Å²) in [5.41, 5.74) is 2.49. The van der Waals surface area contributed by atoms with Gasteiger partial charge in [-0.05, 0) is 62.2 Å². The van der Waals surface area contributed by atoms with E-state index >= 15 is 0 Å². The van der Waals surface area contributed by atoms with Crippen LogP contribution in [-0.4, -0.2) is 31.3 Å². The minimum Gasteiger partial charge on any atom is -0.497 e. The summed E-state index contributed by atoms with van der Waals surface area (Å²) in [6.45, 7) is 5.93. The van der Waals surface area contributed by atoms with Crippen LogP contribution in [0.25, 0.3) is 11.8 Å². The number of pyridine rings is 1. The van der Waals surface area contributed by atoms with E-state index in [1.165, 1.54) is 14.1 Å². The lowest BCUT2D eigenvalue weighted by Crippen LogP contribution is -2.33. The number of thiocarbonyl (C=S) groups is 1. The Kier molecular flexibility index (Phi) is 8.62. The molecular formula is C32H30N6O4S2. The number of nitrogens with one attached hydrogen (secondary N) is 1. The van der Waals surface area contributed by atoms with Crippen LogP contribution in [0.2, 0.25) is 0 Å². The summed E-state index contributed by atoms with van der Waals surface area (Å²) in [5, 5.41) is 13.2. The molecule has 10 nitrogen and oxygen atoms in total. The second-order valence-electron chi connectivity index (χ2n) is 10.1. The number of thioether (sulfide) groups is 1. The van der Waals surface area contributed by atoms with Crippen molar-refractivity contribution in [1.29, 1.82) is 5.26 Å². The molecule has 2 aromatic carbocycles. The van der Waals surface area contributed by atoms with Gasteiger partial charge in [-0.3, -0.25) is 28.5 Å². The summed E-state index contributed by atoms with van der Waals surface area (Å²) in [6.07, 6.45) is 1.64. The van der Waals surface area contributed by atoms with Crippen LogP contribution in [0.3, 0.4) is 0 Å². The number of aromatic nitrogens is 3. The van der Waals surface area contributed by atoms with Crippen molar-refractivity contribution in [1.82, 2.24) is 13.9 Å². The first kappa shape index (κ1) is 30.6. The van der Waals surface area contributed by atoms with E-state index in [9.17, 15) is 19.6 Å². The number of para-hydroxylation sites is 1. The number of nitriles is 1. The molecule has 4 aromatic rings. The summed E-state index contributed by atoms with van der Waals surface area (Å²) in [6, 6.07) is 18.7. The molecule has 44 heavy (non-hydrogen) atoms.